The molecule has 0 fully saturated rings. The van der Waals surface area contributed by atoms with Crippen LogP contribution in [0.1, 0.15) is 31.4 Å². The second kappa shape index (κ2) is 11.3. The van der Waals surface area contributed by atoms with Gasteiger partial charge in [0.25, 0.3) is 0 Å². The fourth-order valence-electron chi connectivity index (χ4n) is 2.95. The number of carbonyl (C=O) groups excluding carboxylic acids is 3. The molecule has 0 spiro atoms. The third-order valence-corrected chi connectivity index (χ3v) is 4.53. The summed E-state index contributed by atoms with van der Waals surface area (Å²) in [6.45, 7) is 14.1. The fourth-order valence-corrected chi connectivity index (χ4v) is 2.95. The topological polar surface area (TPSA) is 78.9 Å². The molecule has 164 valence electrons. The zero-order chi connectivity index (χ0) is 23.7. The molecule has 32 heavy (non-hydrogen) atoms. The fraction of sp³-hybridized carbons (Fsp3) is 0.115. The zero-order valence-electron chi connectivity index (χ0n) is 18.1. The van der Waals surface area contributed by atoms with Gasteiger partial charge < -0.3 is 14.2 Å². The number of hydrogen-bond acceptors (Lipinski definition) is 6. The highest BCUT2D eigenvalue weighted by Gasteiger charge is 2.15. The van der Waals surface area contributed by atoms with Crippen molar-refractivity contribution in [3.05, 3.63) is 91.6 Å². The molecule has 0 saturated heterocycles. The summed E-state index contributed by atoms with van der Waals surface area (Å²) in [4.78, 5) is 34.7. The van der Waals surface area contributed by atoms with Crippen molar-refractivity contribution in [1.29, 1.82) is 0 Å². The van der Waals surface area contributed by atoms with Gasteiger partial charge in [0.1, 0.15) is 5.75 Å². The largest absolute Gasteiger partial charge is 0.423 e. The Morgan fingerprint density at radius 2 is 1.25 bits per heavy atom. The van der Waals surface area contributed by atoms with Crippen LogP contribution in [-0.4, -0.2) is 17.9 Å². The summed E-state index contributed by atoms with van der Waals surface area (Å²) in [5.74, 6) is -1.29. The van der Waals surface area contributed by atoms with E-state index >= 15 is 0 Å². The third-order valence-electron chi connectivity index (χ3n) is 4.53. The Kier molecular flexibility index (Phi) is 8.48. The molecule has 0 N–H and O–H groups in total. The maximum Gasteiger partial charge on any atom is 0.335 e. The van der Waals surface area contributed by atoms with Gasteiger partial charge in [-0.15, -0.1) is 0 Å². The van der Waals surface area contributed by atoms with Crippen LogP contribution in [-0.2, 0) is 14.4 Å². The van der Waals surface area contributed by atoms with Gasteiger partial charge in [0.05, 0.1) is 0 Å². The molecule has 0 heterocycles. The number of ether oxygens (including phenoxy) is 3. The second-order valence-corrected chi connectivity index (χ2v) is 6.52. The van der Waals surface area contributed by atoms with Gasteiger partial charge in [-0.1, -0.05) is 44.9 Å². The molecule has 2 aromatic carbocycles. The van der Waals surface area contributed by atoms with Crippen molar-refractivity contribution < 1.29 is 28.6 Å². The molecule has 2 aromatic rings. The summed E-state index contributed by atoms with van der Waals surface area (Å²) in [7, 11) is 0. The van der Waals surface area contributed by atoms with Crippen LogP contribution in [0.5, 0.6) is 17.2 Å². The number of carbonyl (C=O) groups is 3. The second-order valence-electron chi connectivity index (χ2n) is 6.52. The molecule has 0 saturated carbocycles. The molecule has 0 aliphatic carbocycles. The van der Waals surface area contributed by atoms with Gasteiger partial charge in [-0.3, -0.25) is 0 Å². The summed E-state index contributed by atoms with van der Waals surface area (Å²) >= 11 is 0. The normalized spacial score (nSPS) is 10.9. The summed E-state index contributed by atoms with van der Waals surface area (Å²) in [6, 6.07) is 12.1. The van der Waals surface area contributed by atoms with Crippen LogP contribution in [0.3, 0.4) is 0 Å². The summed E-state index contributed by atoms with van der Waals surface area (Å²) in [5, 5.41) is 0. The lowest BCUT2D eigenvalue weighted by atomic mass is 9.93. The van der Waals surface area contributed by atoms with Gasteiger partial charge in [0.2, 0.25) is 0 Å². The van der Waals surface area contributed by atoms with Crippen molar-refractivity contribution in [1.82, 2.24) is 0 Å². The summed E-state index contributed by atoms with van der Waals surface area (Å²) < 4.78 is 15.5. The first-order chi connectivity index (χ1) is 15.3. The minimum atomic E-state index is -0.681. The average molecular weight is 432 g/mol. The molecule has 0 unspecified atom stereocenters. The summed E-state index contributed by atoms with van der Waals surface area (Å²) in [5.41, 5.74) is 3.67. The van der Waals surface area contributed by atoms with E-state index in [2.05, 4.69) is 19.7 Å². The monoisotopic (exact) mass is 432 g/mol. The molecule has 0 aliphatic rings. The van der Waals surface area contributed by atoms with Crippen molar-refractivity contribution in [2.45, 2.75) is 20.3 Å². The zero-order valence-corrected chi connectivity index (χ0v) is 18.1. The van der Waals surface area contributed by atoms with Crippen LogP contribution in [0.2, 0.25) is 0 Å². The van der Waals surface area contributed by atoms with Gasteiger partial charge >= 0.3 is 17.9 Å². The molecule has 6 heteroatoms. The van der Waals surface area contributed by atoms with Crippen LogP contribution in [0.15, 0.2) is 80.4 Å². The first kappa shape index (κ1) is 24.1. The molecule has 0 amide bonds. The van der Waals surface area contributed by atoms with Gasteiger partial charge in [0, 0.05) is 18.2 Å². The molecule has 0 aliphatic heterocycles. The van der Waals surface area contributed by atoms with Gasteiger partial charge in [0.15, 0.2) is 11.5 Å². The van der Waals surface area contributed by atoms with E-state index in [4.69, 9.17) is 14.2 Å². The number of benzene rings is 2. The van der Waals surface area contributed by atoms with E-state index in [-0.39, 0.29) is 11.5 Å². The highest BCUT2D eigenvalue weighted by atomic mass is 16.6. The Morgan fingerprint density at radius 3 is 1.78 bits per heavy atom. The van der Waals surface area contributed by atoms with Gasteiger partial charge in [-0.2, -0.15) is 0 Å². The average Bonchev–Trinajstić information content (AvgIpc) is 2.81. The first-order valence-corrected chi connectivity index (χ1v) is 9.80. The molecule has 0 atom stereocenters. The maximum atomic E-state index is 11.8. The molecule has 6 nitrogen and oxygen atoms in total. The molecule has 0 aromatic heterocycles. The van der Waals surface area contributed by atoms with Crippen molar-refractivity contribution in [3.63, 3.8) is 0 Å². The van der Waals surface area contributed by atoms with E-state index in [1.807, 2.05) is 26.0 Å². The van der Waals surface area contributed by atoms with Crippen LogP contribution < -0.4 is 14.2 Å². The number of rotatable bonds is 9. The Labute approximate surface area is 187 Å². The third kappa shape index (κ3) is 6.15. The number of esters is 3. The predicted molar refractivity (Wildman–Crippen MR) is 123 cm³/mol. The van der Waals surface area contributed by atoms with Crippen LogP contribution in [0.4, 0.5) is 0 Å². The highest BCUT2D eigenvalue weighted by molar-refractivity contribution is 5.91. The van der Waals surface area contributed by atoms with E-state index in [0.717, 1.165) is 40.5 Å². The van der Waals surface area contributed by atoms with Crippen molar-refractivity contribution in [2.75, 3.05) is 0 Å². The Morgan fingerprint density at radius 1 is 0.750 bits per heavy atom. The maximum absolute atomic E-state index is 11.8. The number of allylic oxidation sites excluding steroid dienone is 2. The minimum absolute atomic E-state index is 0.0871. The van der Waals surface area contributed by atoms with E-state index < -0.39 is 17.9 Å². The number of hydrogen-bond donors (Lipinski definition) is 0. The molecular weight excluding hydrogens is 408 g/mol. The smallest absolute Gasteiger partial charge is 0.335 e. The quantitative estimate of drug-likeness (QED) is 0.232. The Balaban J connectivity index is 2.46. The van der Waals surface area contributed by atoms with E-state index in [1.54, 1.807) is 30.3 Å². The first-order valence-electron chi connectivity index (χ1n) is 9.80. The summed E-state index contributed by atoms with van der Waals surface area (Å²) in [6.07, 6.45) is 3.85. The Bertz CT molecular complexity index is 1090. The highest BCUT2D eigenvalue weighted by Crippen LogP contribution is 2.35. The van der Waals surface area contributed by atoms with Crippen LogP contribution in [0, 0.1) is 0 Å². The molecule has 2 rings (SSSR count). The lowest BCUT2D eigenvalue weighted by molar-refractivity contribution is -0.131. The minimum Gasteiger partial charge on any atom is -0.423 e. The molecular formula is C26H24O6. The van der Waals surface area contributed by atoms with Crippen LogP contribution >= 0.6 is 0 Å². The molecule has 0 bridgehead atoms. The van der Waals surface area contributed by atoms with Crippen molar-refractivity contribution in [3.8, 4) is 17.2 Å². The van der Waals surface area contributed by atoms with Gasteiger partial charge in [-0.05, 0) is 59.9 Å². The lowest BCUT2D eigenvalue weighted by Crippen LogP contribution is -2.08. The predicted octanol–water partition coefficient (Wildman–Crippen LogP) is 5.30. The SMILES string of the molecule is C=CC(=O)Oc1ccc(C(CC)=C(C)c2ccc(OC(=O)C=C)c(OC(=O)C=C)c2)cc1. The van der Waals surface area contributed by atoms with E-state index in [1.165, 1.54) is 0 Å². The Hall–Kier alpha value is -4.19. The van der Waals surface area contributed by atoms with Crippen molar-refractivity contribution in [2.24, 2.45) is 0 Å². The van der Waals surface area contributed by atoms with Crippen LogP contribution in [0.25, 0.3) is 11.1 Å². The van der Waals surface area contributed by atoms with Gasteiger partial charge in [-0.25, -0.2) is 14.4 Å². The standard InChI is InChI=1S/C26H24O6/c1-6-21(18-10-13-20(14-11-18)30-24(27)7-2)17(5)19-12-15-22(31-25(28)8-3)23(16-19)32-26(29)9-4/h7-16H,2-4,6H2,1,5H3. The van der Waals surface area contributed by atoms with Crippen molar-refractivity contribution >= 4 is 29.1 Å². The lowest BCUT2D eigenvalue weighted by Gasteiger charge is -2.15. The van der Waals surface area contributed by atoms with E-state index in [9.17, 15) is 14.4 Å². The van der Waals surface area contributed by atoms with E-state index in [0.29, 0.717) is 12.2 Å². The molecule has 0 radical (unpaired) electrons.